The Morgan fingerprint density at radius 2 is 1.65 bits per heavy atom. The Kier molecular flexibility index (Phi) is 5.63. The first kappa shape index (κ1) is 14.1. The molecule has 0 fully saturated rings. The van der Waals surface area contributed by atoms with Gasteiger partial charge < -0.3 is 10.6 Å². The predicted octanol–water partition coefficient (Wildman–Crippen LogP) is 0.335. The van der Waals surface area contributed by atoms with Crippen molar-refractivity contribution in [1.29, 1.82) is 0 Å². The second-order valence-electron chi connectivity index (χ2n) is 4.32. The molecule has 0 saturated carbocycles. The SMILES string of the molecule is CN=C(NCCCn1cccn1)NCCn1cccn1. The summed E-state index contributed by atoms with van der Waals surface area (Å²) in [4.78, 5) is 4.18. The highest BCUT2D eigenvalue weighted by Crippen LogP contribution is 1.88. The number of aromatic nitrogens is 4. The number of nitrogens with zero attached hydrogens (tertiary/aromatic N) is 5. The predicted molar refractivity (Wildman–Crippen MR) is 78.4 cm³/mol. The van der Waals surface area contributed by atoms with E-state index in [9.17, 15) is 0 Å². The number of hydrogen-bond donors (Lipinski definition) is 2. The van der Waals surface area contributed by atoms with Gasteiger partial charge in [-0.25, -0.2) is 0 Å². The summed E-state index contributed by atoms with van der Waals surface area (Å²) in [5.74, 6) is 0.817. The van der Waals surface area contributed by atoms with Crippen molar-refractivity contribution in [2.45, 2.75) is 19.5 Å². The second-order valence-corrected chi connectivity index (χ2v) is 4.32. The summed E-state index contributed by atoms with van der Waals surface area (Å²) in [5.41, 5.74) is 0. The van der Waals surface area contributed by atoms with Crippen molar-refractivity contribution in [3.05, 3.63) is 36.9 Å². The van der Waals surface area contributed by atoms with Crippen molar-refractivity contribution < 1.29 is 0 Å². The van der Waals surface area contributed by atoms with Crippen LogP contribution < -0.4 is 10.6 Å². The van der Waals surface area contributed by atoms with Crippen LogP contribution in [0, 0.1) is 0 Å². The highest BCUT2D eigenvalue weighted by Gasteiger charge is 1.97. The summed E-state index contributed by atoms with van der Waals surface area (Å²) < 4.78 is 3.81. The van der Waals surface area contributed by atoms with E-state index in [1.54, 1.807) is 19.4 Å². The van der Waals surface area contributed by atoms with E-state index < -0.39 is 0 Å². The van der Waals surface area contributed by atoms with Crippen LogP contribution in [0.25, 0.3) is 0 Å². The van der Waals surface area contributed by atoms with Crippen molar-refractivity contribution in [2.75, 3.05) is 20.1 Å². The van der Waals surface area contributed by atoms with Crippen molar-refractivity contribution in [1.82, 2.24) is 30.2 Å². The van der Waals surface area contributed by atoms with Crippen molar-refractivity contribution in [3.8, 4) is 0 Å². The minimum absolute atomic E-state index is 0.792. The minimum Gasteiger partial charge on any atom is -0.356 e. The van der Waals surface area contributed by atoms with Gasteiger partial charge in [0.1, 0.15) is 0 Å². The monoisotopic (exact) mass is 275 g/mol. The van der Waals surface area contributed by atoms with E-state index in [0.717, 1.165) is 38.6 Å². The molecule has 20 heavy (non-hydrogen) atoms. The Morgan fingerprint density at radius 1 is 1.00 bits per heavy atom. The van der Waals surface area contributed by atoms with Gasteiger partial charge in [-0.2, -0.15) is 10.2 Å². The molecule has 2 aromatic rings. The third-order valence-corrected chi connectivity index (χ3v) is 2.83. The quantitative estimate of drug-likeness (QED) is 0.434. The Balaban J connectivity index is 1.58. The fraction of sp³-hybridized carbons (Fsp3) is 0.462. The van der Waals surface area contributed by atoms with Crippen LogP contribution >= 0.6 is 0 Å². The maximum atomic E-state index is 4.18. The Morgan fingerprint density at radius 3 is 2.25 bits per heavy atom. The molecule has 0 saturated heterocycles. The summed E-state index contributed by atoms with van der Waals surface area (Å²) in [5, 5.41) is 14.9. The van der Waals surface area contributed by atoms with Gasteiger partial charge in [0.05, 0.1) is 6.54 Å². The lowest BCUT2D eigenvalue weighted by Gasteiger charge is -2.11. The van der Waals surface area contributed by atoms with Gasteiger partial charge in [0.2, 0.25) is 0 Å². The molecule has 2 heterocycles. The maximum absolute atomic E-state index is 4.18. The Labute approximate surface area is 118 Å². The van der Waals surface area contributed by atoms with E-state index >= 15 is 0 Å². The fourth-order valence-electron chi connectivity index (χ4n) is 1.82. The molecular formula is C13H21N7. The minimum atomic E-state index is 0.792. The molecule has 108 valence electrons. The van der Waals surface area contributed by atoms with Crippen LogP contribution in [0.4, 0.5) is 0 Å². The van der Waals surface area contributed by atoms with Crippen LogP contribution in [0.2, 0.25) is 0 Å². The van der Waals surface area contributed by atoms with Crippen molar-refractivity contribution in [2.24, 2.45) is 4.99 Å². The highest BCUT2D eigenvalue weighted by atomic mass is 15.3. The van der Waals surface area contributed by atoms with Gasteiger partial charge in [-0.15, -0.1) is 0 Å². The number of nitrogens with one attached hydrogen (secondary N) is 2. The molecule has 0 aliphatic heterocycles. The summed E-state index contributed by atoms with van der Waals surface area (Å²) in [6, 6.07) is 3.85. The maximum Gasteiger partial charge on any atom is 0.191 e. The number of aliphatic imine (C=N–C) groups is 1. The Bertz CT molecular complexity index is 487. The van der Waals surface area contributed by atoms with Crippen LogP contribution in [-0.2, 0) is 13.1 Å². The second kappa shape index (κ2) is 7.98. The largest absolute Gasteiger partial charge is 0.356 e. The van der Waals surface area contributed by atoms with Crippen LogP contribution in [0.3, 0.4) is 0 Å². The lowest BCUT2D eigenvalue weighted by atomic mass is 10.4. The number of guanidine groups is 1. The molecule has 0 aromatic carbocycles. The molecule has 0 aliphatic rings. The van der Waals surface area contributed by atoms with Gasteiger partial charge in [0.25, 0.3) is 0 Å². The fourth-order valence-corrected chi connectivity index (χ4v) is 1.82. The molecule has 0 amide bonds. The van der Waals surface area contributed by atoms with Gasteiger partial charge in [-0.05, 0) is 18.6 Å². The van der Waals surface area contributed by atoms with Crippen LogP contribution in [0.15, 0.2) is 41.9 Å². The smallest absolute Gasteiger partial charge is 0.191 e. The van der Waals surface area contributed by atoms with Crippen LogP contribution in [0.1, 0.15) is 6.42 Å². The zero-order valence-electron chi connectivity index (χ0n) is 11.7. The van der Waals surface area contributed by atoms with Crippen LogP contribution in [-0.4, -0.2) is 45.7 Å². The average Bonchev–Trinajstić information content (AvgIpc) is 3.14. The third kappa shape index (κ3) is 4.75. The van der Waals surface area contributed by atoms with Gasteiger partial charge >= 0.3 is 0 Å². The molecule has 0 radical (unpaired) electrons. The zero-order chi connectivity index (χ0) is 14.0. The molecule has 0 atom stereocenters. The van der Waals surface area contributed by atoms with E-state index in [4.69, 9.17) is 0 Å². The van der Waals surface area contributed by atoms with Gasteiger partial charge in [0.15, 0.2) is 5.96 Å². The van der Waals surface area contributed by atoms with Crippen molar-refractivity contribution >= 4 is 5.96 Å². The molecular weight excluding hydrogens is 254 g/mol. The standard InChI is InChI=1S/C13H21N7/c1-14-13(16-8-12-20-11-4-7-18-20)15-5-2-9-19-10-3-6-17-19/h3-4,6-7,10-11H,2,5,8-9,12H2,1H3,(H2,14,15,16). The summed E-state index contributed by atoms with van der Waals surface area (Å²) in [7, 11) is 1.77. The highest BCUT2D eigenvalue weighted by molar-refractivity contribution is 5.79. The first-order valence-electron chi connectivity index (χ1n) is 6.78. The lowest BCUT2D eigenvalue weighted by Crippen LogP contribution is -2.39. The first-order valence-corrected chi connectivity index (χ1v) is 6.78. The normalized spacial score (nSPS) is 11.6. The molecule has 0 unspecified atom stereocenters. The van der Waals surface area contributed by atoms with Crippen molar-refractivity contribution in [3.63, 3.8) is 0 Å². The third-order valence-electron chi connectivity index (χ3n) is 2.83. The molecule has 2 aromatic heterocycles. The van der Waals surface area contributed by atoms with E-state index in [-0.39, 0.29) is 0 Å². The van der Waals surface area contributed by atoms with E-state index in [2.05, 4.69) is 25.8 Å². The molecule has 0 spiro atoms. The number of aryl methyl sites for hydroxylation is 1. The van der Waals surface area contributed by atoms with Crippen LogP contribution in [0.5, 0.6) is 0 Å². The molecule has 0 bridgehead atoms. The van der Waals surface area contributed by atoms with E-state index in [1.165, 1.54) is 0 Å². The van der Waals surface area contributed by atoms with Gasteiger partial charge in [0, 0.05) is 51.5 Å². The Hall–Kier alpha value is -2.31. The van der Waals surface area contributed by atoms with E-state index in [0.29, 0.717) is 0 Å². The number of rotatable bonds is 7. The average molecular weight is 275 g/mol. The summed E-state index contributed by atoms with van der Waals surface area (Å²) in [6.07, 6.45) is 8.49. The van der Waals surface area contributed by atoms with Gasteiger partial charge in [-0.1, -0.05) is 0 Å². The first-order chi connectivity index (χ1) is 9.88. The molecule has 2 N–H and O–H groups in total. The number of hydrogen-bond acceptors (Lipinski definition) is 3. The van der Waals surface area contributed by atoms with Gasteiger partial charge in [-0.3, -0.25) is 14.4 Å². The lowest BCUT2D eigenvalue weighted by molar-refractivity contribution is 0.565. The molecule has 2 rings (SSSR count). The molecule has 0 aliphatic carbocycles. The topological polar surface area (TPSA) is 72.1 Å². The molecule has 7 heteroatoms. The zero-order valence-corrected chi connectivity index (χ0v) is 11.7. The van der Waals surface area contributed by atoms with E-state index in [1.807, 2.05) is 33.9 Å². The summed E-state index contributed by atoms with van der Waals surface area (Å²) in [6.45, 7) is 3.38. The molecule has 7 nitrogen and oxygen atoms in total. The summed E-state index contributed by atoms with van der Waals surface area (Å²) >= 11 is 0.